The van der Waals surface area contributed by atoms with Gasteiger partial charge in [-0.3, -0.25) is 24.7 Å². The van der Waals surface area contributed by atoms with Gasteiger partial charge < -0.3 is 15.7 Å². The van der Waals surface area contributed by atoms with Crippen LogP contribution in [0.15, 0.2) is 42.5 Å². The molecule has 3 aliphatic heterocycles. The van der Waals surface area contributed by atoms with Gasteiger partial charge in [-0.1, -0.05) is 18.2 Å². The molecule has 4 N–H and O–H groups in total. The van der Waals surface area contributed by atoms with Gasteiger partial charge in [0.15, 0.2) is 5.82 Å². The van der Waals surface area contributed by atoms with Crippen LogP contribution in [0.3, 0.4) is 0 Å². The number of imide groups is 1. The van der Waals surface area contributed by atoms with Crippen molar-refractivity contribution in [2.45, 2.75) is 37.3 Å². The van der Waals surface area contributed by atoms with Crippen LogP contribution >= 0.6 is 12.6 Å². The Labute approximate surface area is 236 Å². The number of fused-ring (bicyclic) bond motifs is 1. The molecule has 0 aliphatic carbocycles. The molecule has 2 amide bonds. The van der Waals surface area contributed by atoms with E-state index in [9.17, 15) is 19.1 Å². The molecule has 0 radical (unpaired) electrons. The Kier molecular flexibility index (Phi) is 7.07. The number of hydrogen-bond acceptors (Lipinski definition) is 10. The predicted octanol–water partition coefficient (Wildman–Crippen LogP) is 2.44. The number of phenolic OH excluding ortho intramolecular Hbond substituents is 1. The lowest BCUT2D eigenvalue weighted by atomic mass is 10.0. The maximum absolute atomic E-state index is 13.8. The van der Waals surface area contributed by atoms with E-state index in [1.54, 1.807) is 6.07 Å². The molecule has 2 aromatic carbocycles. The first kappa shape index (κ1) is 26.5. The fraction of sp³-hybridized carbons (Fsp3) is 0.357. The molecule has 0 bridgehead atoms. The summed E-state index contributed by atoms with van der Waals surface area (Å²) in [4.78, 5) is 30.6. The summed E-state index contributed by atoms with van der Waals surface area (Å²) in [7, 11) is 0. The highest BCUT2D eigenvalue weighted by Gasteiger charge is 2.39. The standard InChI is InChI=1S/C28H30FN7O3S/c29-18-3-5-24(37)20(12-18)21-13-23(26(30)33-32-21)35-9-7-34(8-10-35)14-16-1-2-17-15-36(28(40)19(17)11-16)22-4-6-25(38)31-27(22)39/h1-3,5,11-13,22,28,37,40H,4,6-10,14-15H2,(H2,30,33)(H,31,38,39). The van der Waals surface area contributed by atoms with Gasteiger partial charge in [0.1, 0.15) is 11.6 Å². The number of carbonyl (C=O) groups excluding carboxylic acids is 2. The molecule has 3 aromatic rings. The van der Waals surface area contributed by atoms with Crippen molar-refractivity contribution in [1.82, 2.24) is 25.3 Å². The third kappa shape index (κ3) is 5.09. The Balaban J connectivity index is 1.10. The first-order valence-electron chi connectivity index (χ1n) is 13.3. The normalized spacial score (nSPS) is 21.9. The van der Waals surface area contributed by atoms with E-state index in [4.69, 9.17) is 18.4 Å². The van der Waals surface area contributed by atoms with Crippen molar-refractivity contribution in [1.29, 1.82) is 0 Å². The van der Waals surface area contributed by atoms with Crippen molar-refractivity contribution >= 4 is 35.9 Å². The van der Waals surface area contributed by atoms with Gasteiger partial charge in [-0.05, 0) is 47.4 Å². The van der Waals surface area contributed by atoms with Gasteiger partial charge in [-0.2, -0.15) is 12.6 Å². The molecule has 2 fully saturated rings. The number of benzene rings is 2. The molecule has 0 spiro atoms. The van der Waals surface area contributed by atoms with E-state index in [1.165, 1.54) is 23.8 Å². The Hall–Kier alpha value is -3.74. The molecule has 0 saturated carbocycles. The Morgan fingerprint density at radius 3 is 2.65 bits per heavy atom. The second kappa shape index (κ2) is 10.7. The Morgan fingerprint density at radius 1 is 1.07 bits per heavy atom. The maximum atomic E-state index is 13.8. The zero-order chi connectivity index (χ0) is 28.0. The lowest BCUT2D eigenvalue weighted by Crippen LogP contribution is -2.51. The molecule has 10 nitrogen and oxygen atoms in total. The Morgan fingerprint density at radius 2 is 1.88 bits per heavy atom. The topological polar surface area (TPSA) is 128 Å². The fourth-order valence-corrected chi connectivity index (χ4v) is 6.25. The van der Waals surface area contributed by atoms with Crippen molar-refractivity contribution in [2.24, 2.45) is 0 Å². The number of nitrogen functional groups attached to an aromatic ring is 1. The number of nitrogens with one attached hydrogen (secondary N) is 1. The molecule has 208 valence electrons. The second-order valence-corrected chi connectivity index (χ2v) is 11.0. The van der Waals surface area contributed by atoms with Crippen molar-refractivity contribution in [3.63, 3.8) is 0 Å². The van der Waals surface area contributed by atoms with Crippen LogP contribution in [0.1, 0.15) is 34.9 Å². The second-order valence-electron chi connectivity index (χ2n) is 10.5. The monoisotopic (exact) mass is 563 g/mol. The van der Waals surface area contributed by atoms with E-state index in [2.05, 4.69) is 48.4 Å². The average Bonchev–Trinajstić information content (AvgIpc) is 3.26. The smallest absolute Gasteiger partial charge is 0.243 e. The van der Waals surface area contributed by atoms with E-state index in [1.807, 2.05) is 0 Å². The van der Waals surface area contributed by atoms with Gasteiger partial charge in [0.2, 0.25) is 11.8 Å². The first-order valence-corrected chi connectivity index (χ1v) is 13.8. The number of anilines is 2. The maximum Gasteiger partial charge on any atom is 0.243 e. The number of hydrogen-bond donors (Lipinski definition) is 4. The number of halogens is 1. The number of nitrogens with zero attached hydrogens (tertiary/aromatic N) is 5. The number of aromatic hydroxyl groups is 1. The highest BCUT2D eigenvalue weighted by molar-refractivity contribution is 7.80. The van der Waals surface area contributed by atoms with Gasteiger partial charge in [-0.25, -0.2) is 4.39 Å². The number of rotatable bonds is 5. The predicted molar refractivity (Wildman–Crippen MR) is 151 cm³/mol. The molecule has 6 rings (SSSR count). The van der Waals surface area contributed by atoms with Crippen LogP contribution in [0.4, 0.5) is 15.9 Å². The van der Waals surface area contributed by atoms with Crippen LogP contribution in [-0.4, -0.2) is 69.1 Å². The van der Waals surface area contributed by atoms with E-state index < -0.39 is 5.82 Å². The number of amides is 2. The number of piperidine rings is 1. The average molecular weight is 564 g/mol. The number of phenols is 1. The first-order chi connectivity index (χ1) is 19.3. The fourth-order valence-electron chi connectivity index (χ4n) is 5.76. The van der Waals surface area contributed by atoms with Crippen LogP contribution in [0.5, 0.6) is 5.75 Å². The summed E-state index contributed by atoms with van der Waals surface area (Å²) >= 11 is 4.84. The van der Waals surface area contributed by atoms with E-state index in [-0.39, 0.29) is 40.4 Å². The van der Waals surface area contributed by atoms with Crippen LogP contribution < -0.4 is 16.0 Å². The quantitative estimate of drug-likeness (QED) is 0.273. The molecular weight excluding hydrogens is 533 g/mol. The number of piperazine rings is 1. The van der Waals surface area contributed by atoms with Gasteiger partial charge in [0.05, 0.1) is 22.8 Å². The van der Waals surface area contributed by atoms with Gasteiger partial charge >= 0.3 is 0 Å². The van der Waals surface area contributed by atoms with Crippen LogP contribution in [0.25, 0.3) is 11.3 Å². The molecule has 2 unspecified atom stereocenters. The summed E-state index contributed by atoms with van der Waals surface area (Å²) in [6.45, 7) is 4.43. The van der Waals surface area contributed by atoms with E-state index >= 15 is 0 Å². The van der Waals surface area contributed by atoms with Crippen molar-refractivity contribution in [3.05, 3.63) is 65.0 Å². The zero-order valence-corrected chi connectivity index (χ0v) is 22.6. The molecule has 3 aliphatic rings. The summed E-state index contributed by atoms with van der Waals surface area (Å²) in [6, 6.07) is 11.5. The Bertz CT molecular complexity index is 1480. The summed E-state index contributed by atoms with van der Waals surface area (Å²) in [6.07, 6.45) is 0.853. The molecule has 2 atom stereocenters. The van der Waals surface area contributed by atoms with Crippen LogP contribution in [0.2, 0.25) is 0 Å². The minimum Gasteiger partial charge on any atom is -0.507 e. The summed E-state index contributed by atoms with van der Waals surface area (Å²) < 4.78 is 13.8. The van der Waals surface area contributed by atoms with Crippen molar-refractivity contribution < 1.29 is 19.1 Å². The minimum absolute atomic E-state index is 0.0748. The third-order valence-electron chi connectivity index (χ3n) is 7.92. The van der Waals surface area contributed by atoms with Crippen molar-refractivity contribution in [2.75, 3.05) is 36.8 Å². The number of aromatic nitrogens is 2. The third-order valence-corrected chi connectivity index (χ3v) is 8.50. The zero-order valence-electron chi connectivity index (χ0n) is 21.8. The molecule has 40 heavy (non-hydrogen) atoms. The number of carbonyl (C=O) groups is 2. The largest absolute Gasteiger partial charge is 0.507 e. The van der Waals surface area contributed by atoms with Gasteiger partial charge in [-0.15, -0.1) is 10.2 Å². The van der Waals surface area contributed by atoms with Gasteiger partial charge in [0, 0.05) is 51.3 Å². The lowest BCUT2D eigenvalue weighted by molar-refractivity contribution is -0.137. The molecule has 4 heterocycles. The van der Waals surface area contributed by atoms with Crippen molar-refractivity contribution in [3.8, 4) is 17.0 Å². The van der Waals surface area contributed by atoms with Crippen LogP contribution in [0, 0.1) is 5.82 Å². The van der Waals surface area contributed by atoms with Crippen LogP contribution in [-0.2, 0) is 22.7 Å². The van der Waals surface area contributed by atoms with E-state index in [0.717, 1.165) is 30.8 Å². The SMILES string of the molecule is Nc1nnc(-c2cc(F)ccc2O)cc1N1CCN(Cc2ccc3c(c2)C(S)N(C2CCC(=O)NC2=O)C3)CC1. The molecule has 2 saturated heterocycles. The highest BCUT2D eigenvalue weighted by atomic mass is 32.1. The number of thiol groups is 1. The molecule has 12 heteroatoms. The summed E-state index contributed by atoms with van der Waals surface area (Å²) in [5.74, 6) is -0.723. The number of nitrogens with two attached hydrogens (primary N) is 1. The van der Waals surface area contributed by atoms with E-state index in [0.29, 0.717) is 43.9 Å². The lowest BCUT2D eigenvalue weighted by Gasteiger charge is -2.36. The minimum atomic E-state index is -0.471. The molecular formula is C28H30FN7O3S. The molecule has 1 aromatic heterocycles. The highest BCUT2D eigenvalue weighted by Crippen LogP contribution is 2.40. The summed E-state index contributed by atoms with van der Waals surface area (Å²) in [5.41, 5.74) is 10.9. The van der Waals surface area contributed by atoms with Gasteiger partial charge in [0.25, 0.3) is 0 Å². The summed E-state index contributed by atoms with van der Waals surface area (Å²) in [5, 5.41) is 20.6.